The summed E-state index contributed by atoms with van der Waals surface area (Å²) in [6.45, 7) is 8.21. The molecule has 0 aliphatic heterocycles. The molecule has 2 atom stereocenters. The molecule has 0 spiro atoms. The largest absolute Gasteiger partial charge is 0.465 e. The molecule has 0 radical (unpaired) electrons. The van der Waals surface area contributed by atoms with Crippen LogP contribution in [-0.2, 0) is 14.9 Å². The second-order valence-corrected chi connectivity index (χ2v) is 6.58. The van der Waals surface area contributed by atoms with Crippen molar-refractivity contribution in [1.29, 1.82) is 0 Å². The van der Waals surface area contributed by atoms with E-state index in [9.17, 15) is 0 Å². The maximum Gasteiger partial charge on any atom is 0.196 e. The van der Waals surface area contributed by atoms with Gasteiger partial charge in [-0.15, -0.1) is 0 Å². The monoisotopic (exact) mass is 358 g/mol. The normalized spacial score (nSPS) is 15.8. The molecule has 2 aromatic carbocycles. The number of hydrogen-bond acceptors (Lipinski definition) is 4. The van der Waals surface area contributed by atoms with Crippen molar-refractivity contribution in [3.8, 4) is 11.5 Å². The molecular weight excluding hydrogens is 328 g/mol. The highest BCUT2D eigenvalue weighted by atomic mass is 16.7. The molecule has 0 aliphatic carbocycles. The summed E-state index contributed by atoms with van der Waals surface area (Å²) < 4.78 is 21.7. The number of ether oxygens (including phenoxy) is 4. The van der Waals surface area contributed by atoms with E-state index in [-0.39, 0.29) is 18.0 Å². The molecule has 0 saturated heterocycles. The summed E-state index contributed by atoms with van der Waals surface area (Å²) in [4.78, 5) is 0. The fraction of sp³-hybridized carbons (Fsp3) is 0.455. The SMILES string of the molecule is CCC(C)(c1ccc(OC(C)OC)cc1)c1ccc(OC(C)OC)cc1. The highest BCUT2D eigenvalue weighted by Crippen LogP contribution is 2.36. The van der Waals surface area contributed by atoms with Crippen LogP contribution >= 0.6 is 0 Å². The Balaban J connectivity index is 2.21. The third-order valence-corrected chi connectivity index (χ3v) is 4.96. The zero-order valence-electron chi connectivity index (χ0n) is 16.6. The van der Waals surface area contributed by atoms with E-state index in [1.807, 2.05) is 38.1 Å². The fourth-order valence-corrected chi connectivity index (χ4v) is 2.86. The highest BCUT2D eigenvalue weighted by molar-refractivity contribution is 5.42. The predicted molar refractivity (Wildman–Crippen MR) is 104 cm³/mol. The second-order valence-electron chi connectivity index (χ2n) is 6.58. The first-order valence-electron chi connectivity index (χ1n) is 9.03. The van der Waals surface area contributed by atoms with E-state index in [0.29, 0.717) is 0 Å². The molecule has 0 saturated carbocycles. The zero-order chi connectivity index (χ0) is 19.2. The van der Waals surface area contributed by atoms with E-state index in [1.54, 1.807) is 14.2 Å². The molecule has 0 N–H and O–H groups in total. The summed E-state index contributed by atoms with van der Waals surface area (Å²) in [5.74, 6) is 1.61. The van der Waals surface area contributed by atoms with Crippen LogP contribution < -0.4 is 9.47 Å². The standard InChI is InChI=1S/C22H30O4/c1-7-22(4,18-8-12-20(13-9-18)25-16(2)23-5)19-10-14-21(15-11-19)26-17(3)24-6/h8-17H,7H2,1-6H3. The molecule has 142 valence electrons. The molecule has 0 fully saturated rings. The lowest BCUT2D eigenvalue weighted by Crippen LogP contribution is -2.22. The third-order valence-electron chi connectivity index (χ3n) is 4.96. The van der Waals surface area contributed by atoms with E-state index >= 15 is 0 Å². The van der Waals surface area contributed by atoms with Crippen LogP contribution in [0.15, 0.2) is 48.5 Å². The number of rotatable bonds is 9. The lowest BCUT2D eigenvalue weighted by atomic mass is 9.74. The summed E-state index contributed by atoms with van der Waals surface area (Å²) in [6.07, 6.45) is 0.456. The Hall–Kier alpha value is -2.04. The molecule has 0 bridgehead atoms. The highest BCUT2D eigenvalue weighted by Gasteiger charge is 2.27. The van der Waals surface area contributed by atoms with E-state index in [2.05, 4.69) is 38.1 Å². The van der Waals surface area contributed by atoms with Gasteiger partial charge in [-0.25, -0.2) is 0 Å². The summed E-state index contributed by atoms with van der Waals surface area (Å²) in [5, 5.41) is 0. The minimum absolute atomic E-state index is 0.0865. The van der Waals surface area contributed by atoms with Gasteiger partial charge in [0, 0.05) is 19.6 Å². The quantitative estimate of drug-likeness (QED) is 0.581. The van der Waals surface area contributed by atoms with Gasteiger partial charge in [0.1, 0.15) is 11.5 Å². The lowest BCUT2D eigenvalue weighted by Gasteiger charge is -2.30. The lowest BCUT2D eigenvalue weighted by molar-refractivity contribution is -0.0385. The van der Waals surface area contributed by atoms with E-state index < -0.39 is 0 Å². The number of hydrogen-bond donors (Lipinski definition) is 0. The van der Waals surface area contributed by atoms with Crippen LogP contribution in [0.2, 0.25) is 0 Å². The van der Waals surface area contributed by atoms with Crippen LogP contribution in [0.5, 0.6) is 11.5 Å². The fourth-order valence-electron chi connectivity index (χ4n) is 2.86. The van der Waals surface area contributed by atoms with Crippen molar-refractivity contribution >= 4 is 0 Å². The van der Waals surface area contributed by atoms with Crippen molar-refractivity contribution in [3.63, 3.8) is 0 Å². The van der Waals surface area contributed by atoms with Crippen LogP contribution in [0.25, 0.3) is 0 Å². The molecule has 4 heteroatoms. The Kier molecular flexibility index (Phi) is 7.06. The van der Waals surface area contributed by atoms with Crippen molar-refractivity contribution in [2.24, 2.45) is 0 Å². The van der Waals surface area contributed by atoms with E-state index in [0.717, 1.165) is 17.9 Å². The summed E-state index contributed by atoms with van der Waals surface area (Å²) in [7, 11) is 3.27. The maximum atomic E-state index is 5.68. The smallest absolute Gasteiger partial charge is 0.196 e. The van der Waals surface area contributed by atoms with Crippen LogP contribution in [-0.4, -0.2) is 26.8 Å². The summed E-state index contributed by atoms with van der Waals surface area (Å²) >= 11 is 0. The molecule has 0 aromatic heterocycles. The van der Waals surface area contributed by atoms with Crippen molar-refractivity contribution in [1.82, 2.24) is 0 Å². The van der Waals surface area contributed by atoms with Crippen molar-refractivity contribution in [3.05, 3.63) is 59.7 Å². The van der Waals surface area contributed by atoms with Crippen molar-refractivity contribution in [2.75, 3.05) is 14.2 Å². The van der Waals surface area contributed by atoms with Gasteiger partial charge < -0.3 is 18.9 Å². The zero-order valence-corrected chi connectivity index (χ0v) is 16.6. The topological polar surface area (TPSA) is 36.9 Å². The van der Waals surface area contributed by atoms with Gasteiger partial charge in [-0.05, 0) is 55.7 Å². The Bertz CT molecular complexity index is 608. The minimum atomic E-state index is -0.263. The van der Waals surface area contributed by atoms with E-state index in [4.69, 9.17) is 18.9 Å². The average molecular weight is 358 g/mol. The van der Waals surface area contributed by atoms with Crippen molar-refractivity contribution in [2.45, 2.75) is 52.1 Å². The summed E-state index contributed by atoms with van der Waals surface area (Å²) in [6, 6.07) is 16.5. The van der Waals surface area contributed by atoms with Crippen LogP contribution in [0.4, 0.5) is 0 Å². The molecule has 0 amide bonds. The first kappa shape index (κ1) is 20.3. The third kappa shape index (κ3) is 4.77. The van der Waals surface area contributed by atoms with Crippen LogP contribution in [0.3, 0.4) is 0 Å². The molecule has 26 heavy (non-hydrogen) atoms. The Morgan fingerprint density at radius 3 is 1.35 bits per heavy atom. The predicted octanol–water partition coefficient (Wildman–Crippen LogP) is 5.15. The van der Waals surface area contributed by atoms with Gasteiger partial charge in [0.2, 0.25) is 0 Å². The second kappa shape index (κ2) is 9.06. The Morgan fingerprint density at radius 2 is 1.08 bits per heavy atom. The number of methoxy groups -OCH3 is 2. The van der Waals surface area contributed by atoms with Gasteiger partial charge in [0.25, 0.3) is 0 Å². The molecule has 2 rings (SSSR count). The molecule has 2 aromatic rings. The average Bonchev–Trinajstić information content (AvgIpc) is 2.68. The molecule has 0 aliphatic rings. The Labute approximate surface area is 157 Å². The van der Waals surface area contributed by atoms with Gasteiger partial charge >= 0.3 is 0 Å². The first-order valence-corrected chi connectivity index (χ1v) is 9.03. The minimum Gasteiger partial charge on any atom is -0.465 e. The first-order chi connectivity index (χ1) is 12.4. The van der Waals surface area contributed by atoms with E-state index in [1.165, 1.54) is 11.1 Å². The van der Waals surface area contributed by atoms with Gasteiger partial charge in [-0.1, -0.05) is 38.1 Å². The van der Waals surface area contributed by atoms with Gasteiger partial charge in [0.15, 0.2) is 12.6 Å². The maximum absolute atomic E-state index is 5.68. The molecule has 2 unspecified atom stereocenters. The molecule has 4 nitrogen and oxygen atoms in total. The van der Waals surface area contributed by atoms with Gasteiger partial charge in [0.05, 0.1) is 0 Å². The Morgan fingerprint density at radius 1 is 0.731 bits per heavy atom. The molecule has 0 heterocycles. The van der Waals surface area contributed by atoms with Gasteiger partial charge in [-0.2, -0.15) is 0 Å². The summed E-state index contributed by atoms with van der Waals surface area (Å²) in [5.41, 5.74) is 2.41. The van der Waals surface area contributed by atoms with Crippen LogP contribution in [0, 0.1) is 0 Å². The van der Waals surface area contributed by atoms with Gasteiger partial charge in [-0.3, -0.25) is 0 Å². The number of benzene rings is 2. The molecular formula is C22H30O4. The van der Waals surface area contributed by atoms with Crippen molar-refractivity contribution < 1.29 is 18.9 Å². The van der Waals surface area contributed by atoms with Crippen LogP contribution in [0.1, 0.15) is 45.2 Å².